The van der Waals surface area contributed by atoms with E-state index in [1.54, 1.807) is 32.3 Å². The maximum absolute atomic E-state index is 12.0. The molecule has 3 aromatic heterocycles. The largest absolute Gasteiger partial charge is 0.359 e. The highest BCUT2D eigenvalue weighted by molar-refractivity contribution is 6.02. The summed E-state index contributed by atoms with van der Waals surface area (Å²) in [6.45, 7) is 3.46. The predicted molar refractivity (Wildman–Crippen MR) is 64.7 cm³/mol. The Labute approximate surface area is 107 Å². The summed E-state index contributed by atoms with van der Waals surface area (Å²) in [6, 6.07) is 1.71. The van der Waals surface area contributed by atoms with Crippen molar-refractivity contribution < 1.29 is 9.32 Å². The first kappa shape index (κ1) is 11.3. The summed E-state index contributed by atoms with van der Waals surface area (Å²) in [4.78, 5) is 20.1. The van der Waals surface area contributed by atoms with Crippen molar-refractivity contribution in [2.45, 2.75) is 13.8 Å². The van der Waals surface area contributed by atoms with Gasteiger partial charge in [0.05, 0.1) is 0 Å². The van der Waals surface area contributed by atoms with Crippen LogP contribution in [-0.4, -0.2) is 30.6 Å². The van der Waals surface area contributed by atoms with Crippen LogP contribution in [0, 0.1) is 13.8 Å². The molecule has 0 unspecified atom stereocenters. The van der Waals surface area contributed by atoms with Crippen molar-refractivity contribution in [3.05, 3.63) is 35.7 Å². The van der Waals surface area contributed by atoms with E-state index < -0.39 is 5.91 Å². The van der Waals surface area contributed by atoms with Crippen molar-refractivity contribution in [1.82, 2.24) is 24.7 Å². The van der Waals surface area contributed by atoms with E-state index in [-0.39, 0.29) is 5.82 Å². The Bertz CT molecular complexity index is 707. The zero-order valence-corrected chi connectivity index (χ0v) is 10.3. The van der Waals surface area contributed by atoms with E-state index in [0.29, 0.717) is 22.9 Å². The minimum Gasteiger partial charge on any atom is -0.359 e. The third kappa shape index (κ3) is 1.92. The van der Waals surface area contributed by atoms with Crippen LogP contribution in [0.3, 0.4) is 0 Å². The number of aryl methyl sites for hydroxylation is 2. The van der Waals surface area contributed by atoms with Crippen molar-refractivity contribution in [2.75, 3.05) is 5.32 Å². The Hall–Kier alpha value is -2.77. The average Bonchev–Trinajstić information content (AvgIpc) is 2.97. The summed E-state index contributed by atoms with van der Waals surface area (Å²) in [5.41, 5.74) is 1.14. The summed E-state index contributed by atoms with van der Waals surface area (Å²) in [6.07, 6.45) is 3.25. The number of aromatic nitrogens is 5. The second-order valence-corrected chi connectivity index (χ2v) is 3.95. The molecule has 1 amide bonds. The lowest BCUT2D eigenvalue weighted by molar-refractivity contribution is 0.101. The van der Waals surface area contributed by atoms with Gasteiger partial charge >= 0.3 is 0 Å². The number of anilines is 1. The van der Waals surface area contributed by atoms with Gasteiger partial charge in [-0.15, -0.1) is 5.10 Å². The van der Waals surface area contributed by atoms with E-state index >= 15 is 0 Å². The molecule has 0 aliphatic rings. The van der Waals surface area contributed by atoms with Crippen molar-refractivity contribution in [3.8, 4) is 0 Å². The molecule has 0 aliphatic carbocycles. The smallest absolute Gasteiger partial charge is 0.295 e. The van der Waals surface area contributed by atoms with E-state index in [9.17, 15) is 4.79 Å². The summed E-state index contributed by atoms with van der Waals surface area (Å²) in [5.74, 6) is 0.512. The van der Waals surface area contributed by atoms with Crippen molar-refractivity contribution >= 4 is 17.4 Å². The SMILES string of the molecule is Cc1noc(C)c1NC(=O)c1nc2ncccn2n1. The van der Waals surface area contributed by atoms with Gasteiger partial charge in [0.15, 0.2) is 5.76 Å². The number of hydrogen-bond donors (Lipinski definition) is 1. The number of nitrogens with one attached hydrogen (secondary N) is 1. The number of fused-ring (bicyclic) bond motifs is 1. The number of carbonyl (C=O) groups is 1. The van der Waals surface area contributed by atoms with Crippen LogP contribution in [-0.2, 0) is 0 Å². The molecular weight excluding hydrogens is 248 g/mol. The summed E-state index contributed by atoms with van der Waals surface area (Å²) in [7, 11) is 0. The molecule has 3 aromatic rings. The molecule has 0 bridgehead atoms. The fourth-order valence-electron chi connectivity index (χ4n) is 1.66. The minimum atomic E-state index is -0.431. The Morgan fingerprint density at radius 2 is 2.26 bits per heavy atom. The molecule has 3 rings (SSSR count). The highest BCUT2D eigenvalue weighted by atomic mass is 16.5. The van der Waals surface area contributed by atoms with Crippen molar-refractivity contribution in [2.24, 2.45) is 0 Å². The van der Waals surface area contributed by atoms with Gasteiger partial charge in [-0.2, -0.15) is 4.98 Å². The predicted octanol–water partition coefficient (Wildman–Crippen LogP) is 0.981. The minimum absolute atomic E-state index is 0.0405. The summed E-state index contributed by atoms with van der Waals surface area (Å²) < 4.78 is 6.40. The second-order valence-electron chi connectivity index (χ2n) is 3.95. The van der Waals surface area contributed by atoms with Gasteiger partial charge in [0.2, 0.25) is 5.82 Å². The maximum Gasteiger partial charge on any atom is 0.295 e. The van der Waals surface area contributed by atoms with Crippen molar-refractivity contribution in [3.63, 3.8) is 0 Å². The molecule has 0 saturated heterocycles. The van der Waals surface area contributed by atoms with Crippen LogP contribution < -0.4 is 5.32 Å². The van der Waals surface area contributed by atoms with Crippen LogP contribution in [0.25, 0.3) is 5.78 Å². The zero-order chi connectivity index (χ0) is 13.4. The van der Waals surface area contributed by atoms with Crippen LogP contribution in [0.1, 0.15) is 22.1 Å². The van der Waals surface area contributed by atoms with E-state index in [0.717, 1.165) is 0 Å². The molecule has 8 nitrogen and oxygen atoms in total. The molecule has 0 aromatic carbocycles. The van der Waals surface area contributed by atoms with Gasteiger partial charge in [-0.05, 0) is 19.9 Å². The zero-order valence-electron chi connectivity index (χ0n) is 10.3. The van der Waals surface area contributed by atoms with Crippen LogP contribution in [0.5, 0.6) is 0 Å². The molecule has 19 heavy (non-hydrogen) atoms. The topological polar surface area (TPSA) is 98.2 Å². The quantitative estimate of drug-likeness (QED) is 0.735. The van der Waals surface area contributed by atoms with Crippen molar-refractivity contribution in [1.29, 1.82) is 0 Å². The number of amides is 1. The Morgan fingerprint density at radius 3 is 2.95 bits per heavy atom. The van der Waals surface area contributed by atoms with Crippen LogP contribution in [0.2, 0.25) is 0 Å². The van der Waals surface area contributed by atoms with Gasteiger partial charge in [0.25, 0.3) is 11.7 Å². The van der Waals surface area contributed by atoms with Gasteiger partial charge < -0.3 is 9.84 Å². The van der Waals surface area contributed by atoms with Gasteiger partial charge in [0.1, 0.15) is 11.4 Å². The molecular formula is C11H10N6O2. The molecule has 3 heterocycles. The molecule has 96 valence electrons. The molecule has 0 fully saturated rings. The Morgan fingerprint density at radius 1 is 1.42 bits per heavy atom. The third-order valence-corrected chi connectivity index (χ3v) is 2.59. The van der Waals surface area contributed by atoms with Crippen LogP contribution >= 0.6 is 0 Å². The molecule has 0 atom stereocenters. The maximum atomic E-state index is 12.0. The first-order chi connectivity index (χ1) is 9.15. The van der Waals surface area contributed by atoms with E-state index in [4.69, 9.17) is 4.52 Å². The highest BCUT2D eigenvalue weighted by Gasteiger charge is 2.17. The fraction of sp³-hybridized carbons (Fsp3) is 0.182. The lowest BCUT2D eigenvalue weighted by Crippen LogP contribution is -2.14. The lowest BCUT2D eigenvalue weighted by atomic mass is 10.3. The number of hydrogen-bond acceptors (Lipinski definition) is 6. The number of rotatable bonds is 2. The summed E-state index contributed by atoms with van der Waals surface area (Å²) in [5, 5.41) is 10.5. The standard InChI is InChI=1S/C11H10N6O2/c1-6-8(7(2)19-16-6)13-10(18)9-14-11-12-4-3-5-17(11)15-9/h3-5H,1-2H3,(H,13,18). The third-order valence-electron chi connectivity index (χ3n) is 2.59. The first-order valence-electron chi connectivity index (χ1n) is 5.57. The van der Waals surface area contributed by atoms with E-state index in [2.05, 4.69) is 25.5 Å². The molecule has 8 heteroatoms. The van der Waals surface area contributed by atoms with Gasteiger partial charge in [-0.25, -0.2) is 9.50 Å². The molecule has 0 spiro atoms. The number of carbonyl (C=O) groups excluding carboxylic acids is 1. The normalized spacial score (nSPS) is 10.8. The fourth-order valence-corrected chi connectivity index (χ4v) is 1.66. The van der Waals surface area contributed by atoms with Gasteiger partial charge in [-0.1, -0.05) is 5.16 Å². The first-order valence-corrected chi connectivity index (χ1v) is 5.57. The average molecular weight is 258 g/mol. The second kappa shape index (κ2) is 4.16. The molecule has 0 saturated carbocycles. The Kier molecular flexibility index (Phi) is 2.48. The Balaban J connectivity index is 1.92. The van der Waals surface area contributed by atoms with Crippen LogP contribution in [0.15, 0.2) is 23.0 Å². The summed E-state index contributed by atoms with van der Waals surface area (Å²) >= 11 is 0. The molecule has 0 radical (unpaired) electrons. The van der Waals surface area contributed by atoms with Gasteiger partial charge in [0, 0.05) is 12.4 Å². The monoisotopic (exact) mass is 258 g/mol. The van der Waals surface area contributed by atoms with Gasteiger partial charge in [-0.3, -0.25) is 4.79 Å². The highest BCUT2D eigenvalue weighted by Crippen LogP contribution is 2.19. The molecule has 1 N–H and O–H groups in total. The van der Waals surface area contributed by atoms with E-state index in [1.807, 2.05) is 0 Å². The van der Waals surface area contributed by atoms with Crippen LogP contribution in [0.4, 0.5) is 5.69 Å². The molecule has 0 aliphatic heterocycles. The van der Waals surface area contributed by atoms with E-state index in [1.165, 1.54) is 4.52 Å². The lowest BCUT2D eigenvalue weighted by Gasteiger charge is -1.99. The number of nitrogens with zero attached hydrogens (tertiary/aromatic N) is 5.